The van der Waals surface area contributed by atoms with Crippen LogP contribution in [0, 0.1) is 5.82 Å². The summed E-state index contributed by atoms with van der Waals surface area (Å²) in [5, 5.41) is 14.7. The average Bonchev–Trinajstić information content (AvgIpc) is 3.05. The Balaban J connectivity index is 1.83. The van der Waals surface area contributed by atoms with E-state index in [1.54, 1.807) is 36.8 Å². The Morgan fingerprint density at radius 3 is 2.68 bits per heavy atom. The number of aromatic nitrogens is 4. The lowest BCUT2D eigenvalue weighted by Crippen LogP contribution is -2.16. The Bertz CT molecular complexity index is 1100. The van der Waals surface area contributed by atoms with Gasteiger partial charge in [-0.05, 0) is 23.8 Å². The molecular weight excluding hydrogens is 323 g/mol. The zero-order chi connectivity index (χ0) is 17.4. The number of fused-ring (bicyclic) bond motifs is 1. The number of halogens is 1. The molecule has 3 aromatic heterocycles. The molecule has 4 rings (SSSR count). The predicted octanol–water partition coefficient (Wildman–Crippen LogP) is 2.52. The van der Waals surface area contributed by atoms with E-state index >= 15 is 0 Å². The van der Waals surface area contributed by atoms with Crippen molar-refractivity contribution in [2.75, 3.05) is 0 Å². The first-order chi connectivity index (χ1) is 12.1. The van der Waals surface area contributed by atoms with Gasteiger partial charge in [0.2, 0.25) is 5.88 Å². The minimum Gasteiger partial charge on any atom is -0.493 e. The molecule has 2 N–H and O–H groups in total. The van der Waals surface area contributed by atoms with Crippen molar-refractivity contribution in [2.45, 2.75) is 6.42 Å². The molecule has 0 unspecified atom stereocenters. The summed E-state index contributed by atoms with van der Waals surface area (Å²) in [6, 6.07) is 9.39. The first-order valence-electron chi connectivity index (χ1n) is 7.60. The number of H-pyrrole nitrogens is 1. The number of aromatic hydroxyl groups is 1. The Hall–Kier alpha value is -3.48. The van der Waals surface area contributed by atoms with Crippen molar-refractivity contribution in [3.8, 4) is 17.0 Å². The summed E-state index contributed by atoms with van der Waals surface area (Å²) in [7, 11) is 0. The molecule has 3 heterocycles. The van der Waals surface area contributed by atoms with Crippen molar-refractivity contribution in [1.29, 1.82) is 0 Å². The van der Waals surface area contributed by atoms with E-state index in [2.05, 4.69) is 15.1 Å². The van der Waals surface area contributed by atoms with Gasteiger partial charge in [-0.15, -0.1) is 0 Å². The number of benzene rings is 1. The van der Waals surface area contributed by atoms with E-state index in [0.29, 0.717) is 16.8 Å². The Labute approximate surface area is 141 Å². The van der Waals surface area contributed by atoms with Gasteiger partial charge in [-0.2, -0.15) is 9.61 Å². The first-order valence-corrected chi connectivity index (χ1v) is 7.60. The fourth-order valence-corrected chi connectivity index (χ4v) is 2.74. The van der Waals surface area contributed by atoms with Crippen molar-refractivity contribution in [1.82, 2.24) is 19.6 Å². The maximum absolute atomic E-state index is 13.0. The van der Waals surface area contributed by atoms with Crippen LogP contribution in [0.2, 0.25) is 0 Å². The van der Waals surface area contributed by atoms with Crippen LogP contribution in [-0.2, 0) is 6.42 Å². The Morgan fingerprint density at radius 1 is 1.16 bits per heavy atom. The average molecular weight is 336 g/mol. The minimum absolute atomic E-state index is 0.166. The van der Waals surface area contributed by atoms with Crippen LogP contribution in [0.4, 0.5) is 4.39 Å². The molecule has 0 aliphatic rings. The number of nitrogens with one attached hydrogen (secondary N) is 1. The number of rotatable bonds is 3. The molecule has 0 bridgehead atoms. The molecule has 7 heteroatoms. The number of nitrogens with zero attached hydrogens (tertiary/aromatic N) is 3. The van der Waals surface area contributed by atoms with E-state index < -0.39 is 5.56 Å². The normalized spacial score (nSPS) is 11.1. The molecule has 124 valence electrons. The lowest BCUT2D eigenvalue weighted by Gasteiger charge is -2.07. The summed E-state index contributed by atoms with van der Waals surface area (Å²) in [4.78, 5) is 19.3. The molecule has 1 aromatic carbocycles. The van der Waals surface area contributed by atoms with Crippen molar-refractivity contribution >= 4 is 5.65 Å². The third-order valence-corrected chi connectivity index (χ3v) is 4.01. The number of pyridine rings is 1. The second-order valence-electron chi connectivity index (χ2n) is 5.62. The summed E-state index contributed by atoms with van der Waals surface area (Å²) in [5.41, 5.74) is 2.28. The Kier molecular flexibility index (Phi) is 3.53. The molecule has 4 aromatic rings. The predicted molar refractivity (Wildman–Crippen MR) is 89.9 cm³/mol. The Morgan fingerprint density at radius 2 is 1.96 bits per heavy atom. The minimum atomic E-state index is -0.417. The molecule has 0 saturated carbocycles. The monoisotopic (exact) mass is 336 g/mol. The highest BCUT2D eigenvalue weighted by molar-refractivity contribution is 5.76. The summed E-state index contributed by atoms with van der Waals surface area (Å²) in [6.07, 6.45) is 5.03. The van der Waals surface area contributed by atoms with Crippen LogP contribution in [0.5, 0.6) is 5.88 Å². The van der Waals surface area contributed by atoms with Gasteiger partial charge < -0.3 is 10.1 Å². The van der Waals surface area contributed by atoms with Crippen LogP contribution < -0.4 is 5.56 Å². The summed E-state index contributed by atoms with van der Waals surface area (Å²) >= 11 is 0. The molecule has 0 saturated heterocycles. The molecule has 0 fully saturated rings. The molecule has 0 aliphatic carbocycles. The van der Waals surface area contributed by atoms with Crippen molar-refractivity contribution < 1.29 is 9.50 Å². The van der Waals surface area contributed by atoms with Crippen LogP contribution in [0.3, 0.4) is 0 Å². The zero-order valence-electron chi connectivity index (χ0n) is 13.0. The molecule has 0 radical (unpaired) electrons. The third kappa shape index (κ3) is 2.65. The zero-order valence-corrected chi connectivity index (χ0v) is 13.0. The largest absolute Gasteiger partial charge is 0.493 e. The summed E-state index contributed by atoms with van der Waals surface area (Å²) in [5.74, 6) is -0.594. The fraction of sp³-hybridized carbons (Fsp3) is 0.0556. The van der Waals surface area contributed by atoms with Gasteiger partial charge >= 0.3 is 0 Å². The van der Waals surface area contributed by atoms with Gasteiger partial charge in [0.05, 0.1) is 11.8 Å². The van der Waals surface area contributed by atoms with Crippen LogP contribution in [-0.4, -0.2) is 24.7 Å². The first kappa shape index (κ1) is 15.1. The van der Waals surface area contributed by atoms with Gasteiger partial charge in [-0.25, -0.2) is 4.39 Å². The summed E-state index contributed by atoms with van der Waals surface area (Å²) < 4.78 is 14.3. The van der Waals surface area contributed by atoms with E-state index in [1.165, 1.54) is 16.6 Å². The van der Waals surface area contributed by atoms with Gasteiger partial charge in [0.1, 0.15) is 11.5 Å². The third-order valence-electron chi connectivity index (χ3n) is 4.01. The molecule has 6 nitrogen and oxygen atoms in total. The topological polar surface area (TPSA) is 83.3 Å². The van der Waals surface area contributed by atoms with Gasteiger partial charge in [-0.3, -0.25) is 9.78 Å². The van der Waals surface area contributed by atoms with Crippen LogP contribution in [0.15, 0.2) is 59.8 Å². The number of hydrogen-bond acceptors (Lipinski definition) is 4. The highest BCUT2D eigenvalue weighted by Gasteiger charge is 2.17. The highest BCUT2D eigenvalue weighted by Crippen LogP contribution is 2.25. The summed E-state index contributed by atoms with van der Waals surface area (Å²) in [6.45, 7) is 0. The molecule has 0 atom stereocenters. The molecular formula is C18H13FN4O2. The number of hydrogen-bond donors (Lipinski definition) is 2. The lowest BCUT2D eigenvalue weighted by atomic mass is 10.1. The smallest absolute Gasteiger partial charge is 0.258 e. The number of aromatic amines is 1. The van der Waals surface area contributed by atoms with Crippen LogP contribution >= 0.6 is 0 Å². The second kappa shape index (κ2) is 5.86. The van der Waals surface area contributed by atoms with E-state index in [1.807, 2.05) is 6.07 Å². The quantitative estimate of drug-likeness (QED) is 0.602. The molecule has 0 spiro atoms. The van der Waals surface area contributed by atoms with Crippen molar-refractivity contribution in [3.05, 3.63) is 82.3 Å². The second-order valence-corrected chi connectivity index (χ2v) is 5.62. The molecule has 0 amide bonds. The molecule has 25 heavy (non-hydrogen) atoms. The standard InChI is InChI=1S/C18H13FN4O2/c19-13-5-3-11(4-6-13)8-14-17(24)22-16-15(10-21-23(16)18(14)25)12-2-1-7-20-9-12/h1-7,9-10,25H,8H2,(H,22,24). The van der Waals surface area contributed by atoms with Gasteiger partial charge in [-0.1, -0.05) is 18.2 Å². The maximum atomic E-state index is 13.0. The van der Waals surface area contributed by atoms with Crippen molar-refractivity contribution in [2.24, 2.45) is 0 Å². The maximum Gasteiger partial charge on any atom is 0.258 e. The lowest BCUT2D eigenvalue weighted by molar-refractivity contribution is 0.428. The van der Waals surface area contributed by atoms with E-state index in [0.717, 1.165) is 5.56 Å². The van der Waals surface area contributed by atoms with Gasteiger partial charge in [0.25, 0.3) is 5.56 Å². The molecule has 0 aliphatic heterocycles. The van der Waals surface area contributed by atoms with E-state index in [9.17, 15) is 14.3 Å². The van der Waals surface area contributed by atoms with Crippen LogP contribution in [0.25, 0.3) is 16.8 Å². The fourth-order valence-electron chi connectivity index (χ4n) is 2.74. The van der Waals surface area contributed by atoms with Gasteiger partial charge in [0.15, 0.2) is 0 Å². The van der Waals surface area contributed by atoms with Gasteiger partial charge in [0, 0.05) is 29.9 Å². The van der Waals surface area contributed by atoms with E-state index in [-0.39, 0.29) is 23.7 Å². The van der Waals surface area contributed by atoms with Crippen LogP contribution in [0.1, 0.15) is 11.1 Å². The SMILES string of the molecule is O=c1[nH]c2c(-c3cccnc3)cnn2c(O)c1Cc1ccc(F)cc1. The van der Waals surface area contributed by atoms with Crippen molar-refractivity contribution in [3.63, 3.8) is 0 Å². The highest BCUT2D eigenvalue weighted by atomic mass is 19.1. The van der Waals surface area contributed by atoms with E-state index in [4.69, 9.17) is 0 Å².